The normalized spacial score (nSPS) is 30.5. The number of para-hydroxylation sites is 1. The van der Waals surface area contributed by atoms with Crippen LogP contribution in [-0.4, -0.2) is 47.8 Å². The second kappa shape index (κ2) is 5.95. The van der Waals surface area contributed by atoms with Crippen molar-refractivity contribution in [1.82, 2.24) is 4.90 Å². The Morgan fingerprint density at radius 3 is 2.91 bits per heavy atom. The van der Waals surface area contributed by atoms with Crippen LogP contribution in [0.3, 0.4) is 0 Å². The third kappa shape index (κ3) is 2.86. The Labute approximate surface area is 130 Å². The second-order valence-electron chi connectivity index (χ2n) is 6.34. The highest BCUT2D eigenvalue weighted by molar-refractivity contribution is 5.41. The van der Waals surface area contributed by atoms with Gasteiger partial charge in [0.1, 0.15) is 5.60 Å². The number of benzene rings is 1. The molecule has 22 heavy (non-hydrogen) atoms. The molecular formula is C16H22N2O4. The molecule has 0 bridgehead atoms. The molecule has 0 aromatic heterocycles. The molecule has 120 valence electrons. The number of nitro groups is 1. The Morgan fingerprint density at radius 2 is 2.23 bits per heavy atom. The van der Waals surface area contributed by atoms with Gasteiger partial charge in [-0.25, -0.2) is 0 Å². The van der Waals surface area contributed by atoms with Crippen molar-refractivity contribution in [2.75, 3.05) is 26.3 Å². The van der Waals surface area contributed by atoms with Crippen LogP contribution in [0.15, 0.2) is 24.3 Å². The van der Waals surface area contributed by atoms with E-state index >= 15 is 0 Å². The van der Waals surface area contributed by atoms with E-state index in [0.29, 0.717) is 6.61 Å². The molecule has 1 spiro atoms. The standard InChI is InChI=1S/C16H22N2O4/c1-12-9-17(10-16(22-12)7-8-21-11-16)13(2)14-5-3-4-6-15(14)18(19)20/h3-6,12-13H,7-11H2,1-2H3. The summed E-state index contributed by atoms with van der Waals surface area (Å²) in [4.78, 5) is 13.2. The van der Waals surface area contributed by atoms with Crippen molar-refractivity contribution in [3.63, 3.8) is 0 Å². The zero-order chi connectivity index (χ0) is 15.7. The lowest BCUT2D eigenvalue weighted by molar-refractivity contribution is -0.386. The topological polar surface area (TPSA) is 64.8 Å². The van der Waals surface area contributed by atoms with Crippen molar-refractivity contribution >= 4 is 5.69 Å². The Hall–Kier alpha value is -1.50. The first-order valence-corrected chi connectivity index (χ1v) is 7.74. The molecule has 6 heteroatoms. The summed E-state index contributed by atoms with van der Waals surface area (Å²) in [5.41, 5.74) is 0.691. The maximum atomic E-state index is 11.3. The van der Waals surface area contributed by atoms with Gasteiger partial charge in [-0.05, 0) is 13.8 Å². The molecular weight excluding hydrogens is 284 g/mol. The van der Waals surface area contributed by atoms with Crippen LogP contribution in [0, 0.1) is 10.1 Å². The van der Waals surface area contributed by atoms with Gasteiger partial charge in [0.05, 0.1) is 17.6 Å². The predicted octanol–water partition coefficient (Wildman–Crippen LogP) is 2.54. The highest BCUT2D eigenvalue weighted by Crippen LogP contribution is 2.36. The van der Waals surface area contributed by atoms with Gasteiger partial charge in [0, 0.05) is 43.8 Å². The molecule has 6 nitrogen and oxygen atoms in total. The third-order valence-electron chi connectivity index (χ3n) is 4.63. The molecule has 2 heterocycles. The minimum Gasteiger partial charge on any atom is -0.378 e. The van der Waals surface area contributed by atoms with Crippen LogP contribution >= 0.6 is 0 Å². The van der Waals surface area contributed by atoms with Crippen molar-refractivity contribution in [2.45, 2.75) is 38.0 Å². The quantitative estimate of drug-likeness (QED) is 0.634. The van der Waals surface area contributed by atoms with Crippen molar-refractivity contribution in [3.8, 4) is 0 Å². The first kappa shape index (κ1) is 15.4. The molecule has 3 unspecified atom stereocenters. The van der Waals surface area contributed by atoms with Crippen LogP contribution in [-0.2, 0) is 9.47 Å². The number of morpholine rings is 1. The van der Waals surface area contributed by atoms with Gasteiger partial charge in [0.25, 0.3) is 5.69 Å². The lowest BCUT2D eigenvalue weighted by atomic mass is 9.96. The Kier molecular flexibility index (Phi) is 4.16. The first-order valence-electron chi connectivity index (χ1n) is 7.74. The summed E-state index contributed by atoms with van der Waals surface area (Å²) >= 11 is 0. The van der Waals surface area contributed by atoms with Crippen LogP contribution < -0.4 is 0 Å². The van der Waals surface area contributed by atoms with E-state index in [1.165, 1.54) is 0 Å². The van der Waals surface area contributed by atoms with Crippen molar-refractivity contribution in [2.24, 2.45) is 0 Å². The Bertz CT molecular complexity index is 557. The van der Waals surface area contributed by atoms with Crippen LogP contribution in [0.2, 0.25) is 0 Å². The molecule has 0 saturated carbocycles. The van der Waals surface area contributed by atoms with Crippen molar-refractivity contribution in [3.05, 3.63) is 39.9 Å². The Morgan fingerprint density at radius 1 is 1.45 bits per heavy atom. The molecule has 0 aliphatic carbocycles. The summed E-state index contributed by atoms with van der Waals surface area (Å²) in [5, 5.41) is 11.3. The minimum atomic E-state index is -0.301. The van der Waals surface area contributed by atoms with Gasteiger partial charge in [-0.2, -0.15) is 0 Å². The van der Waals surface area contributed by atoms with E-state index < -0.39 is 0 Å². The lowest BCUT2D eigenvalue weighted by Gasteiger charge is -2.45. The zero-order valence-corrected chi connectivity index (χ0v) is 13.0. The first-order chi connectivity index (χ1) is 10.5. The van der Waals surface area contributed by atoms with E-state index in [2.05, 4.69) is 11.8 Å². The van der Waals surface area contributed by atoms with E-state index in [-0.39, 0.29) is 28.4 Å². The number of ether oxygens (including phenoxy) is 2. The van der Waals surface area contributed by atoms with E-state index in [1.54, 1.807) is 12.1 Å². The van der Waals surface area contributed by atoms with E-state index in [4.69, 9.17) is 9.47 Å². The lowest BCUT2D eigenvalue weighted by Crippen LogP contribution is -2.55. The highest BCUT2D eigenvalue weighted by atomic mass is 16.6. The molecule has 2 saturated heterocycles. The molecule has 0 radical (unpaired) electrons. The van der Waals surface area contributed by atoms with Gasteiger partial charge in [-0.3, -0.25) is 15.0 Å². The fourth-order valence-corrected chi connectivity index (χ4v) is 3.57. The Balaban J connectivity index is 1.85. The smallest absolute Gasteiger partial charge is 0.274 e. The van der Waals surface area contributed by atoms with Gasteiger partial charge >= 0.3 is 0 Å². The predicted molar refractivity (Wildman–Crippen MR) is 81.8 cm³/mol. The maximum Gasteiger partial charge on any atom is 0.274 e. The molecule has 2 aliphatic rings. The summed E-state index contributed by atoms with van der Waals surface area (Å²) in [6.07, 6.45) is 0.984. The summed E-state index contributed by atoms with van der Waals surface area (Å²) < 4.78 is 11.7. The maximum absolute atomic E-state index is 11.3. The molecule has 2 aliphatic heterocycles. The summed E-state index contributed by atoms with van der Waals surface area (Å²) in [6.45, 7) is 6.94. The second-order valence-corrected chi connectivity index (χ2v) is 6.34. The van der Waals surface area contributed by atoms with Crippen molar-refractivity contribution < 1.29 is 14.4 Å². The third-order valence-corrected chi connectivity index (χ3v) is 4.63. The molecule has 3 rings (SSSR count). The molecule has 2 fully saturated rings. The fraction of sp³-hybridized carbons (Fsp3) is 0.625. The van der Waals surface area contributed by atoms with E-state index in [1.807, 2.05) is 19.1 Å². The minimum absolute atomic E-state index is 0.0228. The van der Waals surface area contributed by atoms with Crippen LogP contribution in [0.1, 0.15) is 31.9 Å². The average Bonchev–Trinajstić information content (AvgIpc) is 2.93. The van der Waals surface area contributed by atoms with Crippen LogP contribution in [0.5, 0.6) is 0 Å². The van der Waals surface area contributed by atoms with Gasteiger partial charge in [0.15, 0.2) is 0 Å². The molecule has 3 atom stereocenters. The van der Waals surface area contributed by atoms with Gasteiger partial charge in [-0.1, -0.05) is 18.2 Å². The number of rotatable bonds is 3. The fourth-order valence-electron chi connectivity index (χ4n) is 3.57. The molecule has 1 aromatic rings. The van der Waals surface area contributed by atoms with Crippen LogP contribution in [0.25, 0.3) is 0 Å². The number of hydrogen-bond donors (Lipinski definition) is 0. The van der Waals surface area contributed by atoms with E-state index in [0.717, 1.165) is 31.7 Å². The van der Waals surface area contributed by atoms with Crippen LogP contribution in [0.4, 0.5) is 5.69 Å². The van der Waals surface area contributed by atoms with Gasteiger partial charge in [-0.15, -0.1) is 0 Å². The van der Waals surface area contributed by atoms with Gasteiger partial charge in [0.2, 0.25) is 0 Å². The molecule has 1 aromatic carbocycles. The van der Waals surface area contributed by atoms with Gasteiger partial charge < -0.3 is 9.47 Å². The summed E-state index contributed by atoms with van der Waals surface area (Å²) in [6, 6.07) is 6.97. The monoisotopic (exact) mass is 306 g/mol. The largest absolute Gasteiger partial charge is 0.378 e. The molecule has 0 N–H and O–H groups in total. The summed E-state index contributed by atoms with van der Waals surface area (Å²) in [5.74, 6) is 0. The number of nitrogens with zero attached hydrogens (tertiary/aromatic N) is 2. The zero-order valence-electron chi connectivity index (χ0n) is 13.0. The van der Waals surface area contributed by atoms with E-state index in [9.17, 15) is 10.1 Å². The molecule has 0 amide bonds. The van der Waals surface area contributed by atoms with Crippen molar-refractivity contribution in [1.29, 1.82) is 0 Å². The number of nitro benzene ring substituents is 1. The highest BCUT2D eigenvalue weighted by Gasteiger charge is 2.44. The SMILES string of the molecule is CC1CN(C(C)c2ccccc2[N+](=O)[O-])CC2(CCOC2)O1. The summed E-state index contributed by atoms with van der Waals surface area (Å²) in [7, 11) is 0. The average molecular weight is 306 g/mol. The number of hydrogen-bond acceptors (Lipinski definition) is 5.